The van der Waals surface area contributed by atoms with Crippen LogP contribution in [0.25, 0.3) is 11.3 Å². The molecule has 5 heteroatoms. The van der Waals surface area contributed by atoms with Gasteiger partial charge in [-0.05, 0) is 39.3 Å². The van der Waals surface area contributed by atoms with E-state index in [9.17, 15) is 8.78 Å². The lowest BCUT2D eigenvalue weighted by atomic mass is 10.1. The first-order valence-electron chi connectivity index (χ1n) is 7.09. The summed E-state index contributed by atoms with van der Waals surface area (Å²) in [5.74, 6) is -0.248. The van der Waals surface area contributed by atoms with Crippen molar-refractivity contribution in [2.24, 2.45) is 0 Å². The van der Waals surface area contributed by atoms with E-state index in [1.807, 2.05) is 32.3 Å². The molecule has 0 spiro atoms. The Morgan fingerprint density at radius 2 is 1.76 bits per heavy atom. The second-order valence-corrected chi connectivity index (χ2v) is 6.11. The van der Waals surface area contributed by atoms with E-state index in [1.54, 1.807) is 0 Å². The monoisotopic (exact) mass is 293 g/mol. The molecule has 0 aliphatic rings. The van der Waals surface area contributed by atoms with E-state index in [0.717, 1.165) is 12.2 Å². The van der Waals surface area contributed by atoms with Crippen LogP contribution in [0.4, 0.5) is 14.6 Å². The summed E-state index contributed by atoms with van der Waals surface area (Å²) in [6.45, 7) is 8.00. The van der Waals surface area contributed by atoms with E-state index in [0.29, 0.717) is 12.2 Å². The van der Waals surface area contributed by atoms with Crippen LogP contribution in [0.1, 0.15) is 39.9 Å². The maximum absolute atomic E-state index is 14.0. The quantitative estimate of drug-likeness (QED) is 0.925. The summed E-state index contributed by atoms with van der Waals surface area (Å²) in [5.41, 5.74) is 5.88. The Kier molecular flexibility index (Phi) is 4.03. The van der Waals surface area contributed by atoms with Gasteiger partial charge in [-0.1, -0.05) is 13.0 Å². The molecule has 2 N–H and O–H groups in total. The van der Waals surface area contributed by atoms with Crippen molar-refractivity contribution in [3.63, 3.8) is 0 Å². The molecule has 0 bridgehead atoms. The molecule has 2 rings (SSSR count). The Labute approximate surface area is 123 Å². The lowest BCUT2D eigenvalue weighted by Crippen LogP contribution is -2.25. The van der Waals surface area contributed by atoms with Crippen molar-refractivity contribution in [2.45, 2.75) is 46.1 Å². The summed E-state index contributed by atoms with van der Waals surface area (Å²) >= 11 is 0. The third-order valence-electron chi connectivity index (χ3n) is 3.33. The maximum Gasteiger partial charge on any atom is 0.135 e. The molecule has 3 nitrogen and oxygen atoms in total. The second-order valence-electron chi connectivity index (χ2n) is 6.11. The van der Waals surface area contributed by atoms with Gasteiger partial charge in [0.1, 0.15) is 29.0 Å². The first kappa shape index (κ1) is 15.5. The fraction of sp³-hybridized carbons (Fsp3) is 0.438. The molecule has 0 amide bonds. The highest BCUT2D eigenvalue weighted by Crippen LogP contribution is 2.34. The van der Waals surface area contributed by atoms with Gasteiger partial charge in [0, 0.05) is 12.0 Å². The van der Waals surface area contributed by atoms with E-state index in [4.69, 9.17) is 5.73 Å². The molecule has 0 saturated carbocycles. The van der Waals surface area contributed by atoms with Gasteiger partial charge in [0.2, 0.25) is 0 Å². The molecule has 1 heterocycles. The predicted octanol–water partition coefficient (Wildman–Crippen LogP) is 4.12. The normalized spacial score (nSPS) is 11.9. The smallest absolute Gasteiger partial charge is 0.135 e. The van der Waals surface area contributed by atoms with E-state index in [2.05, 4.69) is 4.98 Å². The fourth-order valence-electron chi connectivity index (χ4n) is 2.53. The number of nitrogens with zero attached hydrogens (tertiary/aromatic N) is 2. The van der Waals surface area contributed by atoms with Gasteiger partial charge >= 0.3 is 0 Å². The minimum Gasteiger partial charge on any atom is -0.383 e. The zero-order valence-corrected chi connectivity index (χ0v) is 12.9. The predicted molar refractivity (Wildman–Crippen MR) is 81.0 cm³/mol. The molecule has 114 valence electrons. The first-order valence-corrected chi connectivity index (χ1v) is 7.09. The number of hydrogen-bond donors (Lipinski definition) is 1. The number of nitrogens with two attached hydrogens (primary N) is 1. The van der Waals surface area contributed by atoms with Gasteiger partial charge in [0.05, 0.1) is 5.56 Å². The molecule has 0 fully saturated rings. The number of anilines is 1. The standard InChI is InChI=1S/C16H21F2N3/c1-5-7-12-20-14(15(19)21(12)16(2,3)4)13-10(17)8-6-9-11(13)18/h6,8-9H,5,7,19H2,1-4H3. The third kappa shape index (κ3) is 2.77. The molecule has 21 heavy (non-hydrogen) atoms. The van der Waals surface area contributed by atoms with Gasteiger partial charge in [0.25, 0.3) is 0 Å². The summed E-state index contributed by atoms with van der Waals surface area (Å²) in [6.07, 6.45) is 1.59. The summed E-state index contributed by atoms with van der Waals surface area (Å²) in [6, 6.07) is 3.76. The van der Waals surface area contributed by atoms with Crippen molar-refractivity contribution in [3.05, 3.63) is 35.7 Å². The van der Waals surface area contributed by atoms with Crippen LogP contribution < -0.4 is 5.73 Å². The first-order chi connectivity index (χ1) is 9.77. The van der Waals surface area contributed by atoms with Crippen molar-refractivity contribution in [1.82, 2.24) is 9.55 Å². The van der Waals surface area contributed by atoms with Crippen molar-refractivity contribution in [2.75, 3.05) is 5.73 Å². The average molecular weight is 293 g/mol. The molecule has 1 aromatic heterocycles. The topological polar surface area (TPSA) is 43.8 Å². The minimum atomic E-state index is -0.650. The number of imidazole rings is 1. The third-order valence-corrected chi connectivity index (χ3v) is 3.33. The second kappa shape index (κ2) is 5.47. The van der Waals surface area contributed by atoms with Crippen molar-refractivity contribution in [1.29, 1.82) is 0 Å². The van der Waals surface area contributed by atoms with Gasteiger partial charge in [-0.3, -0.25) is 0 Å². The van der Waals surface area contributed by atoms with Crippen LogP contribution in [-0.4, -0.2) is 9.55 Å². The SMILES string of the molecule is CCCc1nc(-c2c(F)cccc2F)c(N)n1C(C)(C)C. The number of aromatic nitrogens is 2. The number of benzene rings is 1. The van der Waals surface area contributed by atoms with Gasteiger partial charge in [0.15, 0.2) is 0 Å². The van der Waals surface area contributed by atoms with Crippen LogP contribution in [0.5, 0.6) is 0 Å². The maximum atomic E-state index is 14.0. The van der Waals surface area contributed by atoms with Crippen LogP contribution in [-0.2, 0) is 12.0 Å². The summed E-state index contributed by atoms with van der Waals surface area (Å²) < 4.78 is 29.8. The van der Waals surface area contributed by atoms with Crippen molar-refractivity contribution in [3.8, 4) is 11.3 Å². The summed E-state index contributed by atoms with van der Waals surface area (Å²) in [5, 5.41) is 0. The van der Waals surface area contributed by atoms with Crippen molar-refractivity contribution >= 4 is 5.82 Å². The fourth-order valence-corrected chi connectivity index (χ4v) is 2.53. The number of aryl methyl sites for hydroxylation is 1. The minimum absolute atomic E-state index is 0.157. The molecule has 0 aliphatic heterocycles. The molecule has 1 aromatic carbocycles. The molecule has 2 aromatic rings. The highest BCUT2D eigenvalue weighted by Gasteiger charge is 2.26. The van der Waals surface area contributed by atoms with Crippen LogP contribution in [0.3, 0.4) is 0 Å². The van der Waals surface area contributed by atoms with Gasteiger partial charge < -0.3 is 10.3 Å². The number of hydrogen-bond acceptors (Lipinski definition) is 2. The van der Waals surface area contributed by atoms with E-state index in [-0.39, 0.29) is 16.8 Å². The summed E-state index contributed by atoms with van der Waals surface area (Å²) in [7, 11) is 0. The average Bonchev–Trinajstić information content (AvgIpc) is 2.66. The Morgan fingerprint density at radius 1 is 1.19 bits per heavy atom. The van der Waals surface area contributed by atoms with Crippen LogP contribution in [0.15, 0.2) is 18.2 Å². The van der Waals surface area contributed by atoms with Crippen LogP contribution in [0, 0.1) is 11.6 Å². The Morgan fingerprint density at radius 3 is 2.24 bits per heavy atom. The lowest BCUT2D eigenvalue weighted by Gasteiger charge is -2.25. The largest absolute Gasteiger partial charge is 0.383 e. The van der Waals surface area contributed by atoms with Crippen molar-refractivity contribution < 1.29 is 8.78 Å². The molecule has 0 radical (unpaired) electrons. The highest BCUT2D eigenvalue weighted by atomic mass is 19.1. The molecular formula is C16H21F2N3. The van der Waals surface area contributed by atoms with Gasteiger partial charge in [-0.15, -0.1) is 0 Å². The molecule has 0 aliphatic carbocycles. The lowest BCUT2D eigenvalue weighted by molar-refractivity contribution is 0.387. The molecule has 0 unspecified atom stereocenters. The molecule has 0 atom stereocenters. The molecular weight excluding hydrogens is 272 g/mol. The van der Waals surface area contributed by atoms with Crippen LogP contribution in [0.2, 0.25) is 0 Å². The number of nitrogen functional groups attached to an aromatic ring is 1. The Balaban J connectivity index is 2.72. The highest BCUT2D eigenvalue weighted by molar-refractivity contribution is 5.72. The molecule has 0 saturated heterocycles. The Bertz CT molecular complexity index is 634. The zero-order chi connectivity index (χ0) is 15.8. The van der Waals surface area contributed by atoms with E-state index in [1.165, 1.54) is 18.2 Å². The van der Waals surface area contributed by atoms with Gasteiger partial charge in [-0.25, -0.2) is 13.8 Å². The summed E-state index contributed by atoms with van der Waals surface area (Å²) in [4.78, 5) is 4.42. The Hall–Kier alpha value is -1.91. The zero-order valence-electron chi connectivity index (χ0n) is 12.9. The van der Waals surface area contributed by atoms with Crippen LogP contribution >= 0.6 is 0 Å². The van der Waals surface area contributed by atoms with E-state index >= 15 is 0 Å². The number of halogens is 2. The van der Waals surface area contributed by atoms with Gasteiger partial charge in [-0.2, -0.15) is 0 Å². The van der Waals surface area contributed by atoms with E-state index < -0.39 is 11.6 Å². The number of rotatable bonds is 3.